The molecule has 26 heavy (non-hydrogen) atoms. The van der Waals surface area contributed by atoms with E-state index in [1.165, 1.54) is 23.8 Å². The Morgan fingerprint density at radius 1 is 1.08 bits per heavy atom. The maximum absolute atomic E-state index is 13.5. The van der Waals surface area contributed by atoms with Gasteiger partial charge in [-0.1, -0.05) is 36.4 Å². The Morgan fingerprint density at radius 3 is 2.69 bits per heavy atom. The Morgan fingerprint density at radius 2 is 1.85 bits per heavy atom. The molecular weight excluding hydrogens is 333 g/mol. The van der Waals surface area contributed by atoms with E-state index in [9.17, 15) is 14.0 Å². The number of hydrogen-bond acceptors (Lipinski definition) is 3. The molecule has 0 saturated heterocycles. The van der Waals surface area contributed by atoms with Gasteiger partial charge in [-0.3, -0.25) is 20.4 Å². The Labute approximate surface area is 151 Å². The summed E-state index contributed by atoms with van der Waals surface area (Å²) in [5.41, 5.74) is 7.28. The first-order chi connectivity index (χ1) is 12.6. The van der Waals surface area contributed by atoms with Gasteiger partial charge in [0.1, 0.15) is 5.82 Å². The Balaban J connectivity index is 1.50. The summed E-state index contributed by atoms with van der Waals surface area (Å²) >= 11 is 0. The van der Waals surface area contributed by atoms with E-state index in [4.69, 9.17) is 0 Å². The molecule has 3 rings (SSSR count). The van der Waals surface area contributed by atoms with Crippen molar-refractivity contribution in [3.8, 4) is 0 Å². The largest absolute Gasteiger partial charge is 0.362 e. The van der Waals surface area contributed by atoms with E-state index in [2.05, 4.69) is 16.9 Å². The van der Waals surface area contributed by atoms with Crippen LogP contribution >= 0.6 is 0 Å². The van der Waals surface area contributed by atoms with Crippen LogP contribution in [0.15, 0.2) is 54.6 Å². The molecule has 1 heterocycles. The maximum Gasteiger partial charge on any atom is 0.262 e. The number of hydrogen-bond donors (Lipinski definition) is 2. The van der Waals surface area contributed by atoms with Crippen LogP contribution < -0.4 is 15.8 Å². The summed E-state index contributed by atoms with van der Waals surface area (Å²) in [5.74, 6) is -1.25. The molecule has 0 aromatic heterocycles. The monoisotopic (exact) mass is 353 g/mol. The van der Waals surface area contributed by atoms with Crippen LogP contribution in [0.3, 0.4) is 0 Å². The highest BCUT2D eigenvalue weighted by Crippen LogP contribution is 2.26. The third-order valence-electron chi connectivity index (χ3n) is 4.19. The molecule has 0 fully saturated rings. The minimum atomic E-state index is -0.527. The molecule has 0 aliphatic carbocycles. The molecule has 5 nitrogen and oxygen atoms in total. The number of fused-ring (bicyclic) bond motifs is 1. The summed E-state index contributed by atoms with van der Waals surface area (Å²) in [4.78, 5) is 25.9. The van der Waals surface area contributed by atoms with E-state index in [1.807, 2.05) is 23.1 Å². The normalized spacial score (nSPS) is 13.3. The highest BCUT2D eigenvalue weighted by molar-refractivity contribution is 5.93. The number of rotatable bonds is 4. The SMILES string of the molecule is O=C(/C=C/c1ccccc1F)NNC(=O)CN1CCCc2ccccc21. The molecule has 2 aromatic rings. The molecule has 1 aliphatic heterocycles. The molecular formula is C20H20FN3O2. The van der Waals surface area contributed by atoms with Gasteiger partial charge in [0.15, 0.2) is 0 Å². The van der Waals surface area contributed by atoms with Crippen LogP contribution in [0.1, 0.15) is 17.5 Å². The number of halogens is 1. The van der Waals surface area contributed by atoms with Gasteiger partial charge in [0.2, 0.25) is 0 Å². The zero-order valence-electron chi connectivity index (χ0n) is 14.2. The van der Waals surface area contributed by atoms with E-state index in [0.717, 1.165) is 25.1 Å². The first-order valence-electron chi connectivity index (χ1n) is 8.48. The Kier molecular flexibility index (Phi) is 5.63. The number of para-hydroxylation sites is 1. The van der Waals surface area contributed by atoms with Crippen LogP contribution in [0.5, 0.6) is 0 Å². The van der Waals surface area contributed by atoms with Crippen LogP contribution in [0, 0.1) is 5.82 Å². The summed E-state index contributed by atoms with van der Waals surface area (Å²) in [6, 6.07) is 14.1. The number of carbonyl (C=O) groups is 2. The molecule has 0 bridgehead atoms. The third-order valence-corrected chi connectivity index (χ3v) is 4.19. The van der Waals surface area contributed by atoms with Gasteiger partial charge >= 0.3 is 0 Å². The van der Waals surface area contributed by atoms with Crippen LogP contribution in [-0.4, -0.2) is 24.9 Å². The number of nitrogens with one attached hydrogen (secondary N) is 2. The molecule has 2 N–H and O–H groups in total. The van der Waals surface area contributed by atoms with Crippen molar-refractivity contribution in [1.82, 2.24) is 10.9 Å². The lowest BCUT2D eigenvalue weighted by Crippen LogP contribution is -2.47. The van der Waals surface area contributed by atoms with E-state index >= 15 is 0 Å². The average molecular weight is 353 g/mol. The van der Waals surface area contributed by atoms with Crippen molar-refractivity contribution in [3.05, 3.63) is 71.6 Å². The van der Waals surface area contributed by atoms with Gasteiger partial charge in [-0.15, -0.1) is 0 Å². The number of anilines is 1. The summed E-state index contributed by atoms with van der Waals surface area (Å²) in [6.45, 7) is 0.958. The lowest BCUT2D eigenvalue weighted by molar-refractivity contribution is -0.125. The van der Waals surface area contributed by atoms with Gasteiger partial charge in [0.25, 0.3) is 11.8 Å². The first kappa shape index (κ1) is 17.7. The topological polar surface area (TPSA) is 61.4 Å². The van der Waals surface area contributed by atoms with E-state index in [0.29, 0.717) is 5.56 Å². The Hall–Kier alpha value is -3.15. The van der Waals surface area contributed by atoms with E-state index in [1.54, 1.807) is 18.2 Å². The molecule has 2 aromatic carbocycles. The van der Waals surface area contributed by atoms with Crippen LogP contribution in [0.4, 0.5) is 10.1 Å². The van der Waals surface area contributed by atoms with Gasteiger partial charge < -0.3 is 4.90 Å². The minimum Gasteiger partial charge on any atom is -0.362 e. The summed E-state index contributed by atoms with van der Waals surface area (Å²) < 4.78 is 13.5. The standard InChI is InChI=1S/C20H20FN3O2/c21-17-9-3-1-6-15(17)11-12-19(25)22-23-20(26)14-24-13-5-8-16-7-2-4-10-18(16)24/h1-4,6-7,9-12H,5,8,13-14H2,(H,22,25)(H,23,26)/b12-11+. The van der Waals surface area contributed by atoms with Crippen molar-refractivity contribution in [2.45, 2.75) is 12.8 Å². The van der Waals surface area contributed by atoms with E-state index < -0.39 is 11.7 Å². The predicted molar refractivity (Wildman–Crippen MR) is 98.7 cm³/mol. The summed E-state index contributed by atoms with van der Waals surface area (Å²) in [7, 11) is 0. The number of nitrogens with zero attached hydrogens (tertiary/aromatic N) is 1. The first-order valence-corrected chi connectivity index (χ1v) is 8.48. The number of benzene rings is 2. The van der Waals surface area contributed by atoms with Crippen molar-refractivity contribution in [3.63, 3.8) is 0 Å². The third kappa shape index (κ3) is 4.47. The van der Waals surface area contributed by atoms with Gasteiger partial charge in [-0.2, -0.15) is 0 Å². The smallest absolute Gasteiger partial charge is 0.262 e. The molecule has 0 unspecified atom stereocenters. The van der Waals surface area contributed by atoms with Crippen LogP contribution in [-0.2, 0) is 16.0 Å². The highest BCUT2D eigenvalue weighted by atomic mass is 19.1. The zero-order chi connectivity index (χ0) is 18.4. The van der Waals surface area contributed by atoms with Gasteiger partial charge in [0.05, 0.1) is 6.54 Å². The summed E-state index contributed by atoms with van der Waals surface area (Å²) in [6.07, 6.45) is 4.53. The molecule has 134 valence electrons. The lowest BCUT2D eigenvalue weighted by atomic mass is 10.0. The van der Waals surface area contributed by atoms with Crippen molar-refractivity contribution in [1.29, 1.82) is 0 Å². The van der Waals surface area contributed by atoms with Crippen molar-refractivity contribution >= 4 is 23.6 Å². The van der Waals surface area contributed by atoms with Crippen molar-refractivity contribution in [2.75, 3.05) is 18.0 Å². The number of hydrazine groups is 1. The highest BCUT2D eigenvalue weighted by Gasteiger charge is 2.18. The van der Waals surface area contributed by atoms with Crippen molar-refractivity contribution in [2.24, 2.45) is 0 Å². The number of aryl methyl sites for hydroxylation is 1. The lowest BCUT2D eigenvalue weighted by Gasteiger charge is -2.30. The fourth-order valence-electron chi connectivity index (χ4n) is 2.94. The maximum atomic E-state index is 13.5. The van der Waals surface area contributed by atoms with Gasteiger partial charge in [-0.05, 0) is 36.6 Å². The molecule has 6 heteroatoms. The van der Waals surface area contributed by atoms with Gasteiger partial charge in [-0.25, -0.2) is 4.39 Å². The quantitative estimate of drug-likeness (QED) is 0.656. The minimum absolute atomic E-state index is 0.161. The molecule has 0 spiro atoms. The van der Waals surface area contributed by atoms with Crippen LogP contribution in [0.25, 0.3) is 6.08 Å². The molecule has 2 amide bonds. The van der Waals surface area contributed by atoms with E-state index in [-0.39, 0.29) is 12.5 Å². The second kappa shape index (κ2) is 8.29. The average Bonchev–Trinajstić information content (AvgIpc) is 2.66. The predicted octanol–water partition coefficient (Wildman–Crippen LogP) is 2.44. The number of amides is 2. The fraction of sp³-hybridized carbons (Fsp3) is 0.200. The Bertz CT molecular complexity index is 835. The van der Waals surface area contributed by atoms with Gasteiger partial charge in [0, 0.05) is 23.9 Å². The van der Waals surface area contributed by atoms with Crippen LogP contribution in [0.2, 0.25) is 0 Å². The molecule has 1 aliphatic rings. The second-order valence-electron chi connectivity index (χ2n) is 6.05. The zero-order valence-corrected chi connectivity index (χ0v) is 14.2. The van der Waals surface area contributed by atoms with Crippen molar-refractivity contribution < 1.29 is 14.0 Å². The second-order valence-corrected chi connectivity index (χ2v) is 6.05. The molecule has 0 radical (unpaired) electrons. The number of carbonyl (C=O) groups excluding carboxylic acids is 2. The summed E-state index contributed by atoms with van der Waals surface area (Å²) in [5, 5.41) is 0. The fourth-order valence-corrected chi connectivity index (χ4v) is 2.94. The molecule has 0 saturated carbocycles. The molecule has 0 atom stereocenters.